The molecule has 3 rings (SSSR count). The number of nitrogens with zero attached hydrogens (tertiary/aromatic N) is 3. The maximum Gasteiger partial charge on any atom is 0.272 e. The van der Waals surface area contributed by atoms with E-state index in [4.69, 9.17) is 0 Å². The molecule has 0 atom stereocenters. The second kappa shape index (κ2) is 7.74. The third-order valence-electron chi connectivity index (χ3n) is 3.78. The van der Waals surface area contributed by atoms with Crippen molar-refractivity contribution in [2.75, 3.05) is 12.4 Å². The van der Waals surface area contributed by atoms with Gasteiger partial charge in [0.05, 0.1) is 0 Å². The fraction of sp³-hybridized carbons (Fsp3) is 0.150. The van der Waals surface area contributed by atoms with Gasteiger partial charge >= 0.3 is 0 Å². The molecule has 132 valence electrons. The van der Waals surface area contributed by atoms with Gasteiger partial charge in [0.2, 0.25) is 5.95 Å². The van der Waals surface area contributed by atoms with Gasteiger partial charge in [-0.05, 0) is 42.8 Å². The van der Waals surface area contributed by atoms with E-state index in [-0.39, 0.29) is 11.7 Å². The van der Waals surface area contributed by atoms with Gasteiger partial charge in [0.15, 0.2) is 0 Å². The molecular weight excluding hydrogens is 331 g/mol. The predicted octanol–water partition coefficient (Wildman–Crippen LogP) is 3.94. The van der Waals surface area contributed by atoms with E-state index in [1.807, 2.05) is 30.3 Å². The van der Waals surface area contributed by atoms with Crippen LogP contribution < -0.4 is 5.32 Å². The number of anilines is 2. The quantitative estimate of drug-likeness (QED) is 0.757. The van der Waals surface area contributed by atoms with Gasteiger partial charge in [-0.15, -0.1) is 0 Å². The van der Waals surface area contributed by atoms with Crippen LogP contribution in [0.5, 0.6) is 0 Å². The van der Waals surface area contributed by atoms with Gasteiger partial charge in [0.25, 0.3) is 5.91 Å². The number of halogens is 1. The lowest BCUT2D eigenvalue weighted by Gasteiger charge is -2.17. The zero-order chi connectivity index (χ0) is 18.5. The fourth-order valence-corrected chi connectivity index (χ4v) is 2.52. The summed E-state index contributed by atoms with van der Waals surface area (Å²) in [6.07, 6.45) is 0. The van der Waals surface area contributed by atoms with E-state index in [2.05, 4.69) is 15.3 Å². The van der Waals surface area contributed by atoms with Crippen LogP contribution in [0.25, 0.3) is 0 Å². The van der Waals surface area contributed by atoms with Gasteiger partial charge in [-0.3, -0.25) is 4.79 Å². The van der Waals surface area contributed by atoms with Gasteiger partial charge in [-0.2, -0.15) is 0 Å². The maximum atomic E-state index is 13.0. The Hall–Kier alpha value is -3.28. The van der Waals surface area contributed by atoms with Gasteiger partial charge in [0, 0.05) is 25.0 Å². The third kappa shape index (κ3) is 4.42. The van der Waals surface area contributed by atoms with Crippen LogP contribution in [0, 0.1) is 12.7 Å². The zero-order valence-corrected chi connectivity index (χ0v) is 14.6. The molecule has 0 unspecified atom stereocenters. The van der Waals surface area contributed by atoms with Crippen molar-refractivity contribution >= 4 is 17.5 Å². The molecule has 0 radical (unpaired) electrons. The maximum absolute atomic E-state index is 13.0. The van der Waals surface area contributed by atoms with Crippen LogP contribution >= 0.6 is 0 Å². The molecule has 0 aliphatic heterocycles. The molecule has 1 heterocycles. The number of aryl methyl sites for hydroxylation is 1. The molecule has 6 heteroatoms. The first-order valence-electron chi connectivity index (χ1n) is 8.19. The smallest absolute Gasteiger partial charge is 0.272 e. The summed E-state index contributed by atoms with van der Waals surface area (Å²) in [5, 5.41) is 3.00. The standard InChI is InChI=1S/C20H19FN4O/c1-14-12-18(19(26)25(2)13-15-6-4-3-5-7-15)24-20(22-14)23-17-10-8-16(21)9-11-17/h3-12H,13H2,1-2H3,(H,22,23,24). The molecule has 0 saturated heterocycles. The largest absolute Gasteiger partial charge is 0.336 e. The van der Waals surface area contributed by atoms with E-state index in [1.54, 1.807) is 37.1 Å². The summed E-state index contributed by atoms with van der Waals surface area (Å²) in [7, 11) is 1.74. The Kier molecular flexibility index (Phi) is 5.22. The SMILES string of the molecule is Cc1cc(C(=O)N(C)Cc2ccccc2)nc(Nc2ccc(F)cc2)n1. The highest BCUT2D eigenvalue weighted by atomic mass is 19.1. The van der Waals surface area contributed by atoms with E-state index >= 15 is 0 Å². The summed E-state index contributed by atoms with van der Waals surface area (Å²) < 4.78 is 13.0. The van der Waals surface area contributed by atoms with Gasteiger partial charge < -0.3 is 10.2 Å². The number of aromatic nitrogens is 2. The Morgan fingerprint density at radius 3 is 2.46 bits per heavy atom. The van der Waals surface area contributed by atoms with E-state index in [0.717, 1.165) is 5.56 Å². The molecule has 0 spiro atoms. The van der Waals surface area contributed by atoms with Crippen LogP contribution in [0.4, 0.5) is 16.0 Å². The van der Waals surface area contributed by atoms with Gasteiger partial charge in [0.1, 0.15) is 11.5 Å². The minimum Gasteiger partial charge on any atom is -0.336 e. The zero-order valence-electron chi connectivity index (χ0n) is 14.6. The van der Waals surface area contributed by atoms with Crippen LogP contribution in [0.3, 0.4) is 0 Å². The summed E-state index contributed by atoms with van der Waals surface area (Å²) in [5.74, 6) is -0.214. The Morgan fingerprint density at radius 1 is 1.08 bits per heavy atom. The molecule has 0 aliphatic carbocycles. The lowest BCUT2D eigenvalue weighted by Crippen LogP contribution is -2.27. The van der Waals surface area contributed by atoms with Crippen molar-refractivity contribution in [3.8, 4) is 0 Å². The van der Waals surface area contributed by atoms with Crippen molar-refractivity contribution in [2.24, 2.45) is 0 Å². The van der Waals surface area contributed by atoms with Crippen molar-refractivity contribution in [2.45, 2.75) is 13.5 Å². The Balaban J connectivity index is 1.77. The second-order valence-electron chi connectivity index (χ2n) is 6.00. The normalized spacial score (nSPS) is 10.4. The van der Waals surface area contributed by atoms with Gasteiger partial charge in [-0.25, -0.2) is 14.4 Å². The number of amides is 1. The van der Waals surface area contributed by atoms with Crippen molar-refractivity contribution < 1.29 is 9.18 Å². The number of rotatable bonds is 5. The highest BCUT2D eigenvalue weighted by Crippen LogP contribution is 2.15. The van der Waals surface area contributed by atoms with Crippen LogP contribution in [-0.2, 0) is 6.54 Å². The summed E-state index contributed by atoms with van der Waals surface area (Å²) in [4.78, 5) is 22.9. The van der Waals surface area contributed by atoms with Crippen molar-refractivity contribution in [1.82, 2.24) is 14.9 Å². The minimum absolute atomic E-state index is 0.193. The molecule has 0 saturated carbocycles. The molecular formula is C20H19FN4O. The molecule has 2 aromatic carbocycles. The fourth-order valence-electron chi connectivity index (χ4n) is 2.52. The molecule has 1 aromatic heterocycles. The average molecular weight is 350 g/mol. The first-order valence-corrected chi connectivity index (χ1v) is 8.19. The van der Waals surface area contributed by atoms with Crippen LogP contribution in [0.2, 0.25) is 0 Å². The predicted molar refractivity (Wildman–Crippen MR) is 98.7 cm³/mol. The Labute approximate surface area is 151 Å². The van der Waals surface area contributed by atoms with Crippen molar-refractivity contribution in [3.05, 3.63) is 83.4 Å². The van der Waals surface area contributed by atoms with E-state index < -0.39 is 0 Å². The van der Waals surface area contributed by atoms with E-state index in [1.165, 1.54) is 12.1 Å². The van der Waals surface area contributed by atoms with Crippen molar-refractivity contribution in [3.63, 3.8) is 0 Å². The number of hydrogen-bond acceptors (Lipinski definition) is 4. The molecule has 0 aliphatic rings. The van der Waals surface area contributed by atoms with Crippen LogP contribution in [0.15, 0.2) is 60.7 Å². The minimum atomic E-state index is -0.320. The Morgan fingerprint density at radius 2 is 1.77 bits per heavy atom. The van der Waals surface area contributed by atoms with Crippen LogP contribution in [-0.4, -0.2) is 27.8 Å². The highest BCUT2D eigenvalue weighted by molar-refractivity contribution is 5.92. The number of hydrogen-bond donors (Lipinski definition) is 1. The molecule has 3 aromatic rings. The average Bonchev–Trinajstić information content (AvgIpc) is 2.63. The first kappa shape index (κ1) is 17.5. The first-order chi connectivity index (χ1) is 12.5. The number of nitrogens with one attached hydrogen (secondary N) is 1. The molecule has 26 heavy (non-hydrogen) atoms. The van der Waals surface area contributed by atoms with E-state index in [9.17, 15) is 9.18 Å². The van der Waals surface area contributed by atoms with Gasteiger partial charge in [-0.1, -0.05) is 30.3 Å². The molecule has 0 fully saturated rings. The summed E-state index contributed by atoms with van der Waals surface area (Å²) in [6, 6.07) is 17.3. The molecule has 0 bridgehead atoms. The summed E-state index contributed by atoms with van der Waals surface area (Å²) >= 11 is 0. The number of carbonyl (C=O) groups is 1. The lowest BCUT2D eigenvalue weighted by molar-refractivity contribution is 0.0779. The molecule has 1 amide bonds. The second-order valence-corrected chi connectivity index (χ2v) is 6.00. The molecule has 1 N–H and O–H groups in total. The topological polar surface area (TPSA) is 58.1 Å². The van der Waals surface area contributed by atoms with Crippen molar-refractivity contribution in [1.29, 1.82) is 0 Å². The number of benzene rings is 2. The molecule has 5 nitrogen and oxygen atoms in total. The van der Waals surface area contributed by atoms with E-state index in [0.29, 0.717) is 29.6 Å². The summed E-state index contributed by atoms with van der Waals surface area (Å²) in [5.41, 5.74) is 2.66. The Bertz CT molecular complexity index is 897. The summed E-state index contributed by atoms with van der Waals surface area (Å²) in [6.45, 7) is 2.29. The lowest BCUT2D eigenvalue weighted by atomic mass is 10.2. The van der Waals surface area contributed by atoms with Crippen LogP contribution in [0.1, 0.15) is 21.7 Å². The highest BCUT2D eigenvalue weighted by Gasteiger charge is 2.15. The third-order valence-corrected chi connectivity index (χ3v) is 3.78. The number of carbonyl (C=O) groups excluding carboxylic acids is 1. The monoisotopic (exact) mass is 350 g/mol.